The summed E-state index contributed by atoms with van der Waals surface area (Å²) in [5.74, 6) is -0.600. The molecule has 0 aliphatic heterocycles. The summed E-state index contributed by atoms with van der Waals surface area (Å²) in [6, 6.07) is 10.9. The van der Waals surface area contributed by atoms with Gasteiger partial charge in [0.15, 0.2) is 0 Å². The van der Waals surface area contributed by atoms with Crippen LogP contribution in [0.2, 0.25) is 0 Å². The Labute approximate surface area is 161 Å². The highest BCUT2D eigenvalue weighted by molar-refractivity contribution is 6.27. The van der Waals surface area contributed by atoms with Crippen LogP contribution in [0, 0.1) is 5.82 Å². The molecule has 0 N–H and O–H groups in total. The van der Waals surface area contributed by atoms with Crippen molar-refractivity contribution in [2.24, 2.45) is 7.05 Å². The zero-order chi connectivity index (χ0) is 19.0. The number of amides is 1. The minimum Gasteiger partial charge on any atom is -0.334 e. The highest BCUT2D eigenvalue weighted by Gasteiger charge is 2.30. The van der Waals surface area contributed by atoms with Crippen LogP contribution in [0.1, 0.15) is 23.4 Å². The fourth-order valence-corrected chi connectivity index (χ4v) is 4.01. The molecule has 27 heavy (non-hydrogen) atoms. The number of carbonyl (C=O) groups is 1. The quantitative estimate of drug-likeness (QED) is 0.647. The molecular weight excluding hydrogens is 367 g/mol. The van der Waals surface area contributed by atoms with Gasteiger partial charge in [0, 0.05) is 37.0 Å². The van der Waals surface area contributed by atoms with Gasteiger partial charge in [-0.2, -0.15) is 0 Å². The van der Waals surface area contributed by atoms with E-state index in [0.717, 1.165) is 29.6 Å². The average Bonchev–Trinajstić information content (AvgIpc) is 3.07. The molecule has 140 valence electrons. The smallest absolute Gasteiger partial charge is 0.238 e. The number of aromatic nitrogens is 3. The van der Waals surface area contributed by atoms with Gasteiger partial charge in [0.2, 0.25) is 5.91 Å². The number of benzene rings is 2. The van der Waals surface area contributed by atoms with Crippen molar-refractivity contribution in [2.75, 3.05) is 5.88 Å². The van der Waals surface area contributed by atoms with Gasteiger partial charge in [-0.15, -0.1) is 16.7 Å². The molecule has 1 aliphatic carbocycles. The first-order valence-corrected chi connectivity index (χ1v) is 9.51. The van der Waals surface area contributed by atoms with E-state index in [0.29, 0.717) is 17.4 Å². The number of hydrogen-bond acceptors (Lipinski definition) is 3. The predicted molar refractivity (Wildman–Crippen MR) is 102 cm³/mol. The van der Waals surface area contributed by atoms with Crippen molar-refractivity contribution >= 4 is 28.3 Å². The van der Waals surface area contributed by atoms with Gasteiger partial charge in [0.25, 0.3) is 0 Å². The summed E-state index contributed by atoms with van der Waals surface area (Å²) in [6.07, 6.45) is 2.18. The second-order valence-electron chi connectivity index (χ2n) is 6.92. The van der Waals surface area contributed by atoms with E-state index in [-0.39, 0.29) is 30.2 Å². The number of rotatable bonds is 4. The van der Waals surface area contributed by atoms with Crippen LogP contribution in [0.3, 0.4) is 0 Å². The number of hydrogen-bond donors (Lipinski definition) is 0. The zero-order valence-corrected chi connectivity index (χ0v) is 15.8. The van der Waals surface area contributed by atoms with Crippen LogP contribution in [0.25, 0.3) is 10.8 Å². The van der Waals surface area contributed by atoms with Crippen LogP contribution in [0.5, 0.6) is 0 Å². The van der Waals surface area contributed by atoms with E-state index in [4.69, 9.17) is 11.6 Å². The monoisotopic (exact) mass is 386 g/mol. The molecule has 0 radical (unpaired) electrons. The third-order valence-electron chi connectivity index (χ3n) is 5.33. The Kier molecular flexibility index (Phi) is 4.83. The Bertz CT molecular complexity index is 1000. The Morgan fingerprint density at radius 2 is 2.15 bits per heavy atom. The summed E-state index contributed by atoms with van der Waals surface area (Å²) >= 11 is 5.85. The molecule has 0 spiro atoms. The third kappa shape index (κ3) is 3.30. The SMILES string of the molecule is Cn1nnc2c1CCC(N(Cc1ccc3ccccc3c1F)C(=O)CCl)C2. The standard InChI is InChI=1S/C20H20ClFN4O/c1-25-18-9-8-15(10-17(18)23-24-25)26(19(27)11-21)12-14-7-6-13-4-2-3-5-16(13)20(14)22/h2-7,15H,8-12H2,1H3. The maximum Gasteiger partial charge on any atom is 0.238 e. The molecule has 1 amide bonds. The highest BCUT2D eigenvalue weighted by atomic mass is 35.5. The lowest BCUT2D eigenvalue weighted by molar-refractivity contribution is -0.131. The fraction of sp³-hybridized carbons (Fsp3) is 0.350. The Hall–Kier alpha value is -2.47. The first kappa shape index (κ1) is 17.9. The molecule has 3 aromatic rings. The Morgan fingerprint density at radius 3 is 2.96 bits per heavy atom. The summed E-state index contributed by atoms with van der Waals surface area (Å²) in [4.78, 5) is 14.2. The molecule has 5 nitrogen and oxygen atoms in total. The summed E-state index contributed by atoms with van der Waals surface area (Å²) in [5, 5.41) is 9.68. The topological polar surface area (TPSA) is 51.0 Å². The van der Waals surface area contributed by atoms with Gasteiger partial charge in [0.05, 0.1) is 11.4 Å². The minimum atomic E-state index is -0.281. The van der Waals surface area contributed by atoms with Crippen LogP contribution in [-0.4, -0.2) is 37.7 Å². The fourth-order valence-electron chi connectivity index (χ4n) is 3.86. The maximum absolute atomic E-state index is 15.0. The van der Waals surface area contributed by atoms with Gasteiger partial charge in [-0.3, -0.25) is 9.48 Å². The lowest BCUT2D eigenvalue weighted by Crippen LogP contribution is -2.44. The first-order chi connectivity index (χ1) is 13.1. The molecule has 0 fully saturated rings. The number of alkyl halides is 1. The molecule has 1 heterocycles. The van der Waals surface area contributed by atoms with Crippen LogP contribution in [0.4, 0.5) is 4.39 Å². The summed E-state index contributed by atoms with van der Waals surface area (Å²) in [7, 11) is 1.87. The molecule has 1 unspecified atom stereocenters. The van der Waals surface area contributed by atoms with E-state index in [1.165, 1.54) is 0 Å². The summed E-state index contributed by atoms with van der Waals surface area (Å²) in [5.41, 5.74) is 2.50. The summed E-state index contributed by atoms with van der Waals surface area (Å²) < 4.78 is 16.8. The molecule has 2 aromatic carbocycles. The van der Waals surface area contributed by atoms with E-state index in [1.54, 1.807) is 21.7 Å². The van der Waals surface area contributed by atoms with Crippen LogP contribution < -0.4 is 0 Å². The average molecular weight is 387 g/mol. The second-order valence-corrected chi connectivity index (χ2v) is 7.19. The van der Waals surface area contributed by atoms with Crippen LogP contribution in [0.15, 0.2) is 36.4 Å². The number of fused-ring (bicyclic) bond motifs is 2. The molecule has 1 atom stereocenters. The van der Waals surface area contributed by atoms with Gasteiger partial charge >= 0.3 is 0 Å². The van der Waals surface area contributed by atoms with E-state index < -0.39 is 0 Å². The highest BCUT2D eigenvalue weighted by Crippen LogP contribution is 2.27. The molecule has 0 bridgehead atoms. The maximum atomic E-state index is 15.0. The van der Waals surface area contributed by atoms with Crippen molar-refractivity contribution in [1.29, 1.82) is 0 Å². The van der Waals surface area contributed by atoms with Crippen molar-refractivity contribution < 1.29 is 9.18 Å². The number of halogens is 2. The molecule has 1 aliphatic rings. The molecule has 7 heteroatoms. The van der Waals surface area contributed by atoms with Gasteiger partial charge in [-0.1, -0.05) is 41.6 Å². The van der Waals surface area contributed by atoms with E-state index >= 15 is 4.39 Å². The normalized spacial score (nSPS) is 16.3. The van der Waals surface area contributed by atoms with Crippen molar-refractivity contribution in [3.05, 3.63) is 59.2 Å². The first-order valence-electron chi connectivity index (χ1n) is 8.97. The van der Waals surface area contributed by atoms with Gasteiger partial charge in [-0.25, -0.2) is 4.39 Å². The van der Waals surface area contributed by atoms with E-state index in [1.807, 2.05) is 31.3 Å². The predicted octanol–water partition coefficient (Wildman–Crippen LogP) is 3.23. The minimum absolute atomic E-state index is 0.0636. The van der Waals surface area contributed by atoms with Crippen molar-refractivity contribution in [2.45, 2.75) is 31.8 Å². The van der Waals surface area contributed by atoms with Crippen molar-refractivity contribution in [3.8, 4) is 0 Å². The second kappa shape index (κ2) is 7.27. The van der Waals surface area contributed by atoms with Gasteiger partial charge in [-0.05, 0) is 18.2 Å². The van der Waals surface area contributed by atoms with Gasteiger partial charge < -0.3 is 4.90 Å². The number of nitrogens with zero attached hydrogens (tertiary/aromatic N) is 4. The molecule has 4 rings (SSSR count). The molecular formula is C20H20ClFN4O. The van der Waals surface area contributed by atoms with Crippen LogP contribution in [-0.2, 0) is 31.2 Å². The Morgan fingerprint density at radius 1 is 1.33 bits per heavy atom. The molecule has 1 aromatic heterocycles. The van der Waals surface area contributed by atoms with E-state index in [9.17, 15) is 4.79 Å². The zero-order valence-electron chi connectivity index (χ0n) is 15.0. The van der Waals surface area contributed by atoms with Gasteiger partial charge in [0.1, 0.15) is 11.7 Å². The van der Waals surface area contributed by atoms with Crippen molar-refractivity contribution in [3.63, 3.8) is 0 Å². The Balaban J connectivity index is 1.64. The molecule has 0 saturated heterocycles. The number of carbonyl (C=O) groups excluding carboxylic acids is 1. The number of aryl methyl sites for hydroxylation is 1. The van der Waals surface area contributed by atoms with Crippen LogP contribution >= 0.6 is 11.6 Å². The lowest BCUT2D eigenvalue weighted by atomic mass is 9.94. The largest absolute Gasteiger partial charge is 0.334 e. The summed E-state index contributed by atoms with van der Waals surface area (Å²) in [6.45, 7) is 0.197. The molecule has 0 saturated carbocycles. The van der Waals surface area contributed by atoms with Crippen molar-refractivity contribution in [1.82, 2.24) is 19.9 Å². The third-order valence-corrected chi connectivity index (χ3v) is 5.55. The lowest BCUT2D eigenvalue weighted by Gasteiger charge is -2.34. The van der Waals surface area contributed by atoms with E-state index in [2.05, 4.69) is 10.3 Å².